The lowest BCUT2D eigenvalue weighted by Gasteiger charge is -2.30. The minimum absolute atomic E-state index is 0.0307. The van der Waals surface area contributed by atoms with E-state index in [4.69, 9.17) is 0 Å². The molecule has 1 atom stereocenters. The fraction of sp³-hybridized carbons (Fsp3) is 0.619. The van der Waals surface area contributed by atoms with Gasteiger partial charge in [0.2, 0.25) is 11.8 Å². The summed E-state index contributed by atoms with van der Waals surface area (Å²) in [5, 5.41) is 5.80. The highest BCUT2D eigenvalue weighted by Crippen LogP contribution is 2.23. The molecule has 5 heteroatoms. The van der Waals surface area contributed by atoms with Crippen LogP contribution in [-0.4, -0.2) is 42.9 Å². The zero-order valence-corrected chi connectivity index (χ0v) is 16.2. The first kappa shape index (κ1) is 20.4. The van der Waals surface area contributed by atoms with Crippen LogP contribution in [0, 0.1) is 5.92 Å². The lowest BCUT2D eigenvalue weighted by Crippen LogP contribution is -2.43. The maximum absolute atomic E-state index is 12.2. The molecule has 1 unspecified atom stereocenters. The van der Waals surface area contributed by atoms with Crippen molar-refractivity contribution >= 4 is 11.8 Å². The predicted octanol–water partition coefficient (Wildman–Crippen LogP) is 2.88. The van der Waals surface area contributed by atoms with Gasteiger partial charge in [0.15, 0.2) is 0 Å². The summed E-state index contributed by atoms with van der Waals surface area (Å²) >= 11 is 0. The zero-order valence-electron chi connectivity index (χ0n) is 16.2. The van der Waals surface area contributed by atoms with Gasteiger partial charge < -0.3 is 10.6 Å². The van der Waals surface area contributed by atoms with Crippen LogP contribution >= 0.6 is 0 Å². The summed E-state index contributed by atoms with van der Waals surface area (Å²) in [6, 6.07) is 10.4. The summed E-state index contributed by atoms with van der Waals surface area (Å²) in [7, 11) is 0. The topological polar surface area (TPSA) is 61.4 Å². The van der Waals surface area contributed by atoms with Crippen LogP contribution < -0.4 is 10.6 Å². The number of nitrogens with one attached hydrogen (secondary N) is 2. The van der Waals surface area contributed by atoms with Crippen molar-refractivity contribution in [3.05, 3.63) is 35.9 Å². The van der Waals surface area contributed by atoms with E-state index in [2.05, 4.69) is 41.5 Å². The number of rotatable bonds is 9. The number of likely N-dealkylation sites (N-methyl/N-ethyl adjacent to an activating group) is 1. The molecule has 2 amide bonds. The molecule has 0 heterocycles. The molecule has 0 radical (unpaired) electrons. The van der Waals surface area contributed by atoms with Crippen LogP contribution in [0.15, 0.2) is 30.3 Å². The molecule has 26 heavy (non-hydrogen) atoms. The molecule has 144 valence electrons. The Morgan fingerprint density at radius 2 is 1.69 bits per heavy atom. The van der Waals surface area contributed by atoms with Gasteiger partial charge in [-0.1, -0.05) is 63.4 Å². The number of carbonyl (C=O) groups excluding carboxylic acids is 2. The Morgan fingerprint density at radius 1 is 1.04 bits per heavy atom. The quantitative estimate of drug-likeness (QED) is 0.713. The number of benzene rings is 1. The molecule has 1 aliphatic carbocycles. The molecular weight excluding hydrogens is 326 g/mol. The van der Waals surface area contributed by atoms with Gasteiger partial charge >= 0.3 is 0 Å². The van der Waals surface area contributed by atoms with Gasteiger partial charge in [-0.2, -0.15) is 0 Å². The number of carbonyl (C=O) groups is 2. The largest absolute Gasteiger partial charge is 0.353 e. The molecule has 1 aromatic rings. The molecule has 0 saturated heterocycles. The fourth-order valence-electron chi connectivity index (χ4n) is 3.75. The molecular formula is C21H33N3O2. The van der Waals surface area contributed by atoms with Crippen LogP contribution in [0.1, 0.15) is 57.6 Å². The summed E-state index contributed by atoms with van der Waals surface area (Å²) in [5.74, 6) is -0.00487. The van der Waals surface area contributed by atoms with Gasteiger partial charge in [0.1, 0.15) is 0 Å². The lowest BCUT2D eigenvalue weighted by molar-refractivity contribution is -0.129. The second-order valence-electron chi connectivity index (χ2n) is 7.00. The van der Waals surface area contributed by atoms with E-state index in [1.165, 1.54) is 12.0 Å². The predicted molar refractivity (Wildman–Crippen MR) is 105 cm³/mol. The Labute approximate surface area is 157 Å². The lowest BCUT2D eigenvalue weighted by atomic mass is 9.89. The van der Waals surface area contributed by atoms with Crippen molar-refractivity contribution in [1.82, 2.24) is 15.5 Å². The summed E-state index contributed by atoms with van der Waals surface area (Å²) in [6.45, 7) is 6.71. The first-order chi connectivity index (χ1) is 12.7. The molecule has 0 spiro atoms. The van der Waals surface area contributed by atoms with Gasteiger partial charge in [-0.05, 0) is 31.5 Å². The van der Waals surface area contributed by atoms with Crippen LogP contribution in [-0.2, 0) is 9.59 Å². The van der Waals surface area contributed by atoms with Gasteiger partial charge in [0, 0.05) is 12.5 Å². The Bertz CT molecular complexity index is 552. The van der Waals surface area contributed by atoms with E-state index >= 15 is 0 Å². The monoisotopic (exact) mass is 359 g/mol. The zero-order chi connectivity index (χ0) is 18.8. The summed E-state index contributed by atoms with van der Waals surface area (Å²) in [5.41, 5.74) is 1.20. The van der Waals surface area contributed by atoms with Crippen molar-refractivity contribution in [2.45, 2.75) is 52.0 Å². The van der Waals surface area contributed by atoms with E-state index < -0.39 is 0 Å². The minimum atomic E-state index is -0.123. The van der Waals surface area contributed by atoms with E-state index in [9.17, 15) is 9.59 Å². The van der Waals surface area contributed by atoms with E-state index in [1.807, 2.05) is 18.2 Å². The second-order valence-corrected chi connectivity index (χ2v) is 7.00. The van der Waals surface area contributed by atoms with E-state index in [1.54, 1.807) is 0 Å². The number of hydrogen-bond donors (Lipinski definition) is 2. The highest BCUT2D eigenvalue weighted by molar-refractivity contribution is 5.85. The third-order valence-electron chi connectivity index (χ3n) is 5.33. The number of amides is 2. The van der Waals surface area contributed by atoms with Gasteiger partial charge in [-0.25, -0.2) is 0 Å². The molecule has 0 aliphatic heterocycles. The second kappa shape index (κ2) is 11.0. The maximum atomic E-state index is 12.2. The first-order valence-corrected chi connectivity index (χ1v) is 9.99. The Balaban J connectivity index is 1.83. The third-order valence-corrected chi connectivity index (χ3v) is 5.33. The third kappa shape index (κ3) is 6.13. The first-order valence-electron chi connectivity index (χ1n) is 9.99. The molecule has 0 bridgehead atoms. The van der Waals surface area contributed by atoms with Crippen molar-refractivity contribution in [3.8, 4) is 0 Å². The summed E-state index contributed by atoms with van der Waals surface area (Å²) in [4.78, 5) is 26.7. The molecule has 1 fully saturated rings. The Hall–Kier alpha value is -1.88. The molecule has 5 nitrogen and oxygen atoms in total. The highest BCUT2D eigenvalue weighted by Gasteiger charge is 2.22. The molecule has 2 N–H and O–H groups in total. The van der Waals surface area contributed by atoms with Gasteiger partial charge in [-0.3, -0.25) is 14.5 Å². The van der Waals surface area contributed by atoms with Gasteiger partial charge in [-0.15, -0.1) is 0 Å². The molecule has 0 aromatic heterocycles. The summed E-state index contributed by atoms with van der Waals surface area (Å²) < 4.78 is 0. The average Bonchev–Trinajstić information content (AvgIpc) is 2.70. The van der Waals surface area contributed by atoms with Crippen LogP contribution in [0.2, 0.25) is 0 Å². The van der Waals surface area contributed by atoms with Gasteiger partial charge in [0.25, 0.3) is 0 Å². The Morgan fingerprint density at radius 3 is 2.31 bits per heavy atom. The van der Waals surface area contributed by atoms with E-state index in [0.717, 1.165) is 38.8 Å². The minimum Gasteiger partial charge on any atom is -0.353 e. The molecule has 1 aliphatic rings. The Kier molecular flexibility index (Phi) is 8.62. The van der Waals surface area contributed by atoms with Crippen molar-refractivity contribution in [1.29, 1.82) is 0 Å². The number of nitrogens with zero attached hydrogens (tertiary/aromatic N) is 1. The van der Waals surface area contributed by atoms with Crippen molar-refractivity contribution in [3.63, 3.8) is 0 Å². The van der Waals surface area contributed by atoms with Crippen LogP contribution in [0.5, 0.6) is 0 Å². The highest BCUT2D eigenvalue weighted by atomic mass is 16.2. The van der Waals surface area contributed by atoms with Crippen LogP contribution in [0.3, 0.4) is 0 Å². The normalized spacial score (nSPS) is 16.3. The number of hydrogen-bond acceptors (Lipinski definition) is 3. The molecule has 1 saturated carbocycles. The van der Waals surface area contributed by atoms with Crippen molar-refractivity contribution < 1.29 is 9.59 Å². The standard InChI is InChI=1S/C21H33N3O2/c1-3-24(4-2)19(17-11-7-5-8-12-17)15-22-20(25)16-23-21(26)18-13-9-6-10-14-18/h5,7-8,11-12,18-19H,3-4,6,9-10,13-16H2,1-2H3,(H,22,25)(H,23,26). The average molecular weight is 360 g/mol. The van der Waals surface area contributed by atoms with Gasteiger partial charge in [0.05, 0.1) is 12.6 Å². The molecule has 1 aromatic carbocycles. The summed E-state index contributed by atoms with van der Waals surface area (Å²) in [6.07, 6.45) is 5.35. The van der Waals surface area contributed by atoms with Crippen molar-refractivity contribution in [2.24, 2.45) is 5.92 Å². The fourth-order valence-corrected chi connectivity index (χ4v) is 3.75. The van der Waals surface area contributed by atoms with Crippen molar-refractivity contribution in [2.75, 3.05) is 26.2 Å². The van der Waals surface area contributed by atoms with E-state index in [0.29, 0.717) is 6.54 Å². The maximum Gasteiger partial charge on any atom is 0.239 e. The SMILES string of the molecule is CCN(CC)C(CNC(=O)CNC(=O)C1CCCCC1)c1ccccc1. The smallest absolute Gasteiger partial charge is 0.239 e. The molecule has 2 rings (SSSR count). The van der Waals surface area contributed by atoms with Crippen LogP contribution in [0.25, 0.3) is 0 Å². The van der Waals surface area contributed by atoms with E-state index in [-0.39, 0.29) is 30.3 Å². The van der Waals surface area contributed by atoms with Crippen LogP contribution in [0.4, 0.5) is 0 Å².